The first kappa shape index (κ1) is 16.7. The molecule has 2 rings (SSSR count). The fourth-order valence-electron chi connectivity index (χ4n) is 2.28. The lowest BCUT2D eigenvalue weighted by Crippen LogP contribution is -1.97. The van der Waals surface area contributed by atoms with Gasteiger partial charge in [-0.05, 0) is 35.4 Å². The summed E-state index contributed by atoms with van der Waals surface area (Å²) in [4.78, 5) is 0. The number of phenols is 1. The quantitative estimate of drug-likeness (QED) is 0.802. The molecule has 5 heteroatoms. The van der Waals surface area contributed by atoms with Gasteiger partial charge in [-0.1, -0.05) is 18.2 Å². The Kier molecular flexibility index (Phi) is 5.49. The van der Waals surface area contributed by atoms with Crippen molar-refractivity contribution in [2.24, 2.45) is 0 Å². The monoisotopic (exact) mass is 316 g/mol. The summed E-state index contributed by atoms with van der Waals surface area (Å²) in [7, 11) is 4.59. The summed E-state index contributed by atoms with van der Waals surface area (Å²) in [5.41, 5.74) is 2.31. The van der Waals surface area contributed by atoms with Crippen LogP contribution in [0, 0.1) is 0 Å². The van der Waals surface area contributed by atoms with Crippen molar-refractivity contribution in [2.45, 2.75) is 6.61 Å². The van der Waals surface area contributed by atoms with Gasteiger partial charge in [-0.3, -0.25) is 0 Å². The normalized spacial score (nSPS) is 10.8. The van der Waals surface area contributed by atoms with Gasteiger partial charge in [0.15, 0.2) is 23.0 Å². The molecule has 0 bridgehead atoms. The van der Waals surface area contributed by atoms with Crippen LogP contribution >= 0.6 is 0 Å². The van der Waals surface area contributed by atoms with E-state index in [1.54, 1.807) is 19.2 Å². The van der Waals surface area contributed by atoms with E-state index in [4.69, 9.17) is 14.2 Å². The van der Waals surface area contributed by atoms with Crippen LogP contribution in [-0.2, 0) is 6.61 Å². The largest absolute Gasteiger partial charge is 0.504 e. The van der Waals surface area contributed by atoms with Gasteiger partial charge < -0.3 is 24.4 Å². The number of hydrogen-bond donors (Lipinski definition) is 2. The molecule has 5 nitrogen and oxygen atoms in total. The van der Waals surface area contributed by atoms with Gasteiger partial charge >= 0.3 is 0 Å². The van der Waals surface area contributed by atoms with Gasteiger partial charge in [0.25, 0.3) is 0 Å². The lowest BCUT2D eigenvalue weighted by molar-refractivity contribution is 0.270. The molecule has 0 spiro atoms. The molecule has 0 aliphatic carbocycles. The molecule has 2 N–H and O–H groups in total. The topological polar surface area (TPSA) is 68.2 Å². The van der Waals surface area contributed by atoms with Crippen LogP contribution < -0.4 is 14.2 Å². The van der Waals surface area contributed by atoms with Crippen LogP contribution in [0.15, 0.2) is 30.3 Å². The van der Waals surface area contributed by atoms with E-state index >= 15 is 0 Å². The van der Waals surface area contributed by atoms with Gasteiger partial charge in [0.1, 0.15) is 0 Å². The summed E-state index contributed by atoms with van der Waals surface area (Å²) in [6.07, 6.45) is 3.71. The molecule has 0 atom stereocenters. The van der Waals surface area contributed by atoms with Crippen molar-refractivity contribution >= 4 is 12.2 Å². The number of aromatic hydroxyl groups is 1. The first-order valence-electron chi connectivity index (χ1n) is 7.03. The van der Waals surface area contributed by atoms with Crippen molar-refractivity contribution in [1.29, 1.82) is 0 Å². The maximum atomic E-state index is 9.79. The van der Waals surface area contributed by atoms with Crippen molar-refractivity contribution in [3.63, 3.8) is 0 Å². The molecular weight excluding hydrogens is 296 g/mol. The van der Waals surface area contributed by atoms with E-state index in [-0.39, 0.29) is 12.4 Å². The van der Waals surface area contributed by atoms with Crippen molar-refractivity contribution in [2.75, 3.05) is 21.3 Å². The summed E-state index contributed by atoms with van der Waals surface area (Å²) in [6.45, 7) is -0.148. The van der Waals surface area contributed by atoms with Crippen LogP contribution in [-0.4, -0.2) is 31.5 Å². The summed E-state index contributed by atoms with van der Waals surface area (Å²) < 4.78 is 15.6. The zero-order valence-corrected chi connectivity index (χ0v) is 13.4. The second kappa shape index (κ2) is 7.56. The van der Waals surface area contributed by atoms with Crippen LogP contribution in [0.5, 0.6) is 23.0 Å². The number of aliphatic hydroxyl groups is 1. The second-order valence-electron chi connectivity index (χ2n) is 4.84. The van der Waals surface area contributed by atoms with Crippen LogP contribution in [0.2, 0.25) is 0 Å². The zero-order valence-electron chi connectivity index (χ0n) is 13.4. The summed E-state index contributed by atoms with van der Waals surface area (Å²) in [6, 6.07) is 8.79. The predicted molar refractivity (Wildman–Crippen MR) is 89.1 cm³/mol. The number of methoxy groups -OCH3 is 3. The van der Waals surface area contributed by atoms with Gasteiger partial charge in [0, 0.05) is 5.56 Å². The standard InChI is InChI=1S/C18H20O5/c1-21-16-7-6-12(9-15(16)20)4-5-13-8-14(11-19)18(23-3)17(10-13)22-2/h4-10,19-20H,11H2,1-3H3/b5-4-. The van der Waals surface area contributed by atoms with Gasteiger partial charge in [-0.2, -0.15) is 0 Å². The summed E-state index contributed by atoms with van der Waals surface area (Å²) in [5.74, 6) is 1.58. The smallest absolute Gasteiger partial charge is 0.166 e. The lowest BCUT2D eigenvalue weighted by atomic mass is 10.1. The maximum Gasteiger partial charge on any atom is 0.166 e. The van der Waals surface area contributed by atoms with Crippen molar-refractivity contribution in [1.82, 2.24) is 0 Å². The number of hydrogen-bond acceptors (Lipinski definition) is 5. The highest BCUT2D eigenvalue weighted by atomic mass is 16.5. The molecule has 0 saturated carbocycles. The third-order valence-corrected chi connectivity index (χ3v) is 3.42. The van der Waals surface area contributed by atoms with Crippen LogP contribution in [0.25, 0.3) is 12.2 Å². The van der Waals surface area contributed by atoms with Gasteiger partial charge in [-0.15, -0.1) is 0 Å². The highest BCUT2D eigenvalue weighted by Gasteiger charge is 2.10. The van der Waals surface area contributed by atoms with E-state index in [0.717, 1.165) is 11.1 Å². The van der Waals surface area contributed by atoms with Gasteiger partial charge in [0.05, 0.1) is 27.9 Å². The minimum absolute atomic E-state index is 0.0815. The Morgan fingerprint density at radius 2 is 1.57 bits per heavy atom. The van der Waals surface area contributed by atoms with Crippen LogP contribution in [0.1, 0.15) is 16.7 Å². The first-order chi connectivity index (χ1) is 11.1. The molecule has 0 aliphatic rings. The first-order valence-corrected chi connectivity index (χ1v) is 7.03. The third kappa shape index (κ3) is 3.76. The van der Waals surface area contributed by atoms with E-state index in [0.29, 0.717) is 22.8 Å². The number of phenolic OH excluding ortho intramolecular Hbond substituents is 1. The molecule has 0 fully saturated rings. The molecule has 122 valence electrons. The Morgan fingerprint density at radius 3 is 2.13 bits per heavy atom. The van der Waals surface area contributed by atoms with E-state index in [1.807, 2.05) is 30.4 Å². The number of rotatable bonds is 6. The minimum atomic E-state index is -0.148. The van der Waals surface area contributed by atoms with Crippen LogP contribution in [0.4, 0.5) is 0 Å². The Hall–Kier alpha value is -2.66. The average molecular weight is 316 g/mol. The molecule has 0 unspecified atom stereocenters. The van der Waals surface area contributed by atoms with E-state index in [1.165, 1.54) is 14.2 Å². The molecule has 0 amide bonds. The third-order valence-electron chi connectivity index (χ3n) is 3.42. The molecule has 23 heavy (non-hydrogen) atoms. The molecular formula is C18H20O5. The SMILES string of the molecule is COc1ccc(/C=C\c2cc(CO)c(OC)c(OC)c2)cc1O. The van der Waals surface area contributed by atoms with E-state index < -0.39 is 0 Å². The highest BCUT2D eigenvalue weighted by Crippen LogP contribution is 2.33. The Balaban J connectivity index is 2.34. The molecule has 0 radical (unpaired) electrons. The Bertz CT molecular complexity index is 682. The van der Waals surface area contributed by atoms with Crippen LogP contribution in [0.3, 0.4) is 0 Å². The number of ether oxygens (including phenoxy) is 3. The number of aliphatic hydroxyl groups excluding tert-OH is 1. The fraction of sp³-hybridized carbons (Fsp3) is 0.222. The Morgan fingerprint density at radius 1 is 0.870 bits per heavy atom. The fourth-order valence-corrected chi connectivity index (χ4v) is 2.28. The molecule has 0 aliphatic heterocycles. The van der Waals surface area contributed by atoms with Crippen molar-refractivity contribution < 1.29 is 24.4 Å². The predicted octanol–water partition coefficient (Wildman–Crippen LogP) is 3.08. The summed E-state index contributed by atoms with van der Waals surface area (Å²) in [5, 5.41) is 19.3. The maximum absolute atomic E-state index is 9.79. The lowest BCUT2D eigenvalue weighted by Gasteiger charge is -2.12. The average Bonchev–Trinajstić information content (AvgIpc) is 2.58. The van der Waals surface area contributed by atoms with Crippen molar-refractivity contribution in [3.8, 4) is 23.0 Å². The molecule has 2 aromatic carbocycles. The molecule has 2 aromatic rings. The van der Waals surface area contributed by atoms with Crippen molar-refractivity contribution in [3.05, 3.63) is 47.0 Å². The Labute approximate surface area is 135 Å². The minimum Gasteiger partial charge on any atom is -0.504 e. The van der Waals surface area contributed by atoms with Gasteiger partial charge in [0.2, 0.25) is 0 Å². The molecule has 0 aromatic heterocycles. The number of benzene rings is 2. The molecule has 0 heterocycles. The summed E-state index contributed by atoms with van der Waals surface area (Å²) >= 11 is 0. The van der Waals surface area contributed by atoms with Gasteiger partial charge in [-0.25, -0.2) is 0 Å². The second-order valence-corrected chi connectivity index (χ2v) is 4.84. The zero-order chi connectivity index (χ0) is 16.8. The highest BCUT2D eigenvalue weighted by molar-refractivity contribution is 5.72. The van der Waals surface area contributed by atoms with E-state index in [2.05, 4.69) is 0 Å². The molecule has 0 saturated heterocycles. The van der Waals surface area contributed by atoms with E-state index in [9.17, 15) is 10.2 Å².